The van der Waals surface area contributed by atoms with E-state index < -0.39 is 0 Å². The molecule has 0 nitrogen and oxygen atoms in total. The molecule has 0 atom stereocenters. The molecular weight excluding hydrogens is 143 g/mol. The molecule has 0 unspecified atom stereocenters. The maximum atomic E-state index is 4.62. The van der Waals surface area contributed by atoms with Crippen molar-refractivity contribution in [2.45, 2.75) is 6.92 Å². The van der Waals surface area contributed by atoms with E-state index in [-0.39, 0.29) is 0 Å². The van der Waals surface area contributed by atoms with E-state index in [1.807, 2.05) is 31.2 Å². The van der Waals surface area contributed by atoms with Crippen molar-refractivity contribution < 1.29 is 15.5 Å². The topological polar surface area (TPSA) is 0 Å². The Morgan fingerprint density at radius 2 is 2.12 bits per heavy atom. The van der Waals surface area contributed by atoms with Gasteiger partial charge in [0.05, 0.1) is 0 Å². The maximum absolute atomic E-state index is 4.62. The van der Waals surface area contributed by atoms with Gasteiger partial charge in [0.1, 0.15) is 0 Å². The van der Waals surface area contributed by atoms with Crippen LogP contribution < -0.4 is 4.53 Å². The van der Waals surface area contributed by atoms with Crippen molar-refractivity contribution in [1.82, 2.24) is 0 Å². The van der Waals surface area contributed by atoms with Gasteiger partial charge in [-0.3, -0.25) is 0 Å². The fourth-order valence-corrected chi connectivity index (χ4v) is 0.905. The van der Waals surface area contributed by atoms with Crippen molar-refractivity contribution in [2.75, 3.05) is 0 Å². The second-order valence-corrected chi connectivity index (χ2v) is 2.33. The predicted octanol–water partition coefficient (Wildman–Crippen LogP) is 1.17. The molecule has 0 saturated heterocycles. The molecule has 0 aliphatic heterocycles. The Morgan fingerprint density at radius 3 is 2.50 bits per heavy atom. The summed E-state index contributed by atoms with van der Waals surface area (Å²) in [5, 5.41) is 0. The number of hydrogen-bond acceptors (Lipinski definition) is 0. The molecule has 1 rings (SSSR count). The first-order chi connectivity index (χ1) is 3.79. The molecule has 0 N–H and O–H groups in total. The van der Waals surface area contributed by atoms with Gasteiger partial charge in [-0.05, 0) is 0 Å². The van der Waals surface area contributed by atoms with Gasteiger partial charge in [0, 0.05) is 0 Å². The third-order valence-electron chi connectivity index (χ3n) is 0.961. The van der Waals surface area contributed by atoms with Crippen LogP contribution in [0.1, 0.15) is 5.56 Å². The quantitative estimate of drug-likeness (QED) is 0.486. The summed E-state index contributed by atoms with van der Waals surface area (Å²) < 4.78 is 0.963. The van der Waals surface area contributed by atoms with Gasteiger partial charge in [-0.15, -0.1) is 0 Å². The van der Waals surface area contributed by atoms with Crippen LogP contribution in [-0.4, -0.2) is 0 Å². The van der Waals surface area contributed by atoms with Crippen LogP contribution in [0.2, 0.25) is 0 Å². The van der Waals surface area contributed by atoms with Crippen LogP contribution >= 0.6 is 0 Å². The van der Waals surface area contributed by atoms with E-state index in [1.165, 1.54) is 5.56 Å². The molecule has 0 spiro atoms. The third-order valence-corrected chi connectivity index (χ3v) is 1.27. The van der Waals surface area contributed by atoms with E-state index in [9.17, 15) is 0 Å². The summed E-state index contributed by atoms with van der Waals surface area (Å²) in [6.07, 6.45) is 0. The van der Waals surface area contributed by atoms with Gasteiger partial charge in [-0.1, -0.05) is 0 Å². The average molecular weight is 150 g/mol. The van der Waals surface area contributed by atoms with E-state index in [1.54, 1.807) is 0 Å². The van der Waals surface area contributed by atoms with Crippen LogP contribution in [0.25, 0.3) is 0 Å². The molecule has 0 fully saturated rings. The van der Waals surface area contributed by atoms with Crippen molar-refractivity contribution in [2.24, 2.45) is 0 Å². The molecule has 1 heteroatoms. The van der Waals surface area contributed by atoms with Crippen LogP contribution in [0.4, 0.5) is 0 Å². The fourth-order valence-electron chi connectivity index (χ4n) is 0.586. The number of benzene rings is 1. The Hall–Kier alpha value is -0.286. The summed E-state index contributed by atoms with van der Waals surface area (Å²) in [4.78, 5) is 0. The second-order valence-electron chi connectivity index (χ2n) is 1.76. The van der Waals surface area contributed by atoms with Gasteiger partial charge in [0.15, 0.2) is 0 Å². The molecule has 8 heavy (non-hydrogen) atoms. The molecule has 0 radical (unpaired) electrons. The minimum absolute atomic E-state index is 0.963. The van der Waals surface area contributed by atoms with E-state index in [0.29, 0.717) is 0 Å². The van der Waals surface area contributed by atoms with Crippen LogP contribution in [0.3, 0.4) is 0 Å². The van der Waals surface area contributed by atoms with Crippen molar-refractivity contribution in [3.8, 4) is 0 Å². The van der Waals surface area contributed by atoms with Crippen LogP contribution in [-0.2, 0) is 15.5 Å². The summed E-state index contributed by atoms with van der Waals surface area (Å²) in [5.74, 6) is 0. The van der Waals surface area contributed by atoms with Crippen molar-refractivity contribution in [1.29, 1.82) is 0 Å². The predicted molar refractivity (Wildman–Crippen MR) is 30.8 cm³/mol. The normalized spacial score (nSPS) is 9.38. The molecule has 0 aromatic heterocycles. The summed E-state index contributed by atoms with van der Waals surface area (Å²) in [5.41, 5.74) is 1.24. The van der Waals surface area contributed by atoms with E-state index in [2.05, 4.69) is 15.5 Å². The van der Waals surface area contributed by atoms with Crippen molar-refractivity contribution in [3.63, 3.8) is 0 Å². The van der Waals surface area contributed by atoms with Crippen LogP contribution in [0.15, 0.2) is 24.3 Å². The van der Waals surface area contributed by atoms with Crippen LogP contribution in [0.5, 0.6) is 0 Å². The van der Waals surface area contributed by atoms with Gasteiger partial charge in [-0.2, -0.15) is 0 Å². The Kier molecular flexibility index (Phi) is 1.70. The van der Waals surface area contributed by atoms with Gasteiger partial charge in [-0.25, -0.2) is 0 Å². The van der Waals surface area contributed by atoms with E-state index in [4.69, 9.17) is 0 Å². The second kappa shape index (κ2) is 2.32. The number of rotatable bonds is 0. The first-order valence-corrected chi connectivity index (χ1v) is 2.97. The molecule has 0 heterocycles. The molecule has 0 amide bonds. The first kappa shape index (κ1) is 5.84. The Balaban J connectivity index is 3.08. The van der Waals surface area contributed by atoms with Crippen molar-refractivity contribution >= 4 is 4.53 Å². The summed E-state index contributed by atoms with van der Waals surface area (Å²) in [7, 11) is 0. The zero-order valence-corrected chi connectivity index (χ0v) is 5.61. The van der Waals surface area contributed by atoms with Gasteiger partial charge in [0.25, 0.3) is 0 Å². The Morgan fingerprint density at radius 1 is 1.38 bits per heavy atom. The van der Waals surface area contributed by atoms with Gasteiger partial charge in [0.2, 0.25) is 0 Å². The summed E-state index contributed by atoms with van der Waals surface area (Å²) in [6.45, 7) is 2.04. The number of aryl methyl sites for hydroxylation is 1. The number of hydrogen-bond donors (Lipinski definition) is 0. The molecule has 1 aromatic rings. The Bertz CT molecular complexity index is 164. The van der Waals surface area contributed by atoms with Gasteiger partial charge < -0.3 is 0 Å². The molecule has 0 bridgehead atoms. The Labute approximate surface area is 57.3 Å². The molecule has 0 aliphatic rings. The van der Waals surface area contributed by atoms with E-state index >= 15 is 0 Å². The van der Waals surface area contributed by atoms with Gasteiger partial charge >= 0.3 is 56.8 Å². The molecule has 46 valence electrons. The molecule has 0 saturated carbocycles. The third kappa shape index (κ3) is 1.35. The van der Waals surface area contributed by atoms with Crippen molar-refractivity contribution in [3.05, 3.63) is 29.8 Å². The molecular formula is C7H7Ni-. The molecule has 0 aliphatic carbocycles. The SMILES string of the molecule is Cc1ccc[c]([Ni-])c1. The first-order valence-electron chi connectivity index (χ1n) is 2.48. The van der Waals surface area contributed by atoms with E-state index in [0.717, 1.165) is 4.53 Å². The average Bonchev–Trinajstić information content (AvgIpc) is 1.64. The zero-order valence-electron chi connectivity index (χ0n) is 4.63. The van der Waals surface area contributed by atoms with Crippen LogP contribution in [0, 0.1) is 6.92 Å². The zero-order chi connectivity index (χ0) is 5.98. The summed E-state index contributed by atoms with van der Waals surface area (Å²) >= 11 is 4.62. The summed E-state index contributed by atoms with van der Waals surface area (Å²) in [6, 6.07) is 7.96. The molecule has 1 aromatic carbocycles. The monoisotopic (exact) mass is 149 g/mol. The fraction of sp³-hybridized carbons (Fsp3) is 0.143. The standard InChI is InChI=1S/C7H7.Ni/c1-7-5-3-2-4-6-7;/h2-3,5-6H,1H3;/q;-1. The minimum atomic E-state index is 0.963.